The van der Waals surface area contributed by atoms with Crippen molar-refractivity contribution >= 4 is 16.8 Å². The number of carbonyl (C=O) groups is 1. The van der Waals surface area contributed by atoms with Crippen LogP contribution >= 0.6 is 0 Å². The molecular weight excluding hydrogens is 290 g/mol. The Balaban J connectivity index is 2.17. The summed E-state index contributed by atoms with van der Waals surface area (Å²) in [5.74, 6) is 0.484. The largest absolute Gasteiger partial charge is 0.479 e. The molecule has 0 fully saturated rings. The first-order valence-corrected chi connectivity index (χ1v) is 7.51. The lowest BCUT2D eigenvalue weighted by atomic mass is 9.86. The van der Waals surface area contributed by atoms with Gasteiger partial charge in [0, 0.05) is 19.4 Å². The van der Waals surface area contributed by atoms with Gasteiger partial charge in [0.2, 0.25) is 11.8 Å². The van der Waals surface area contributed by atoms with Crippen molar-refractivity contribution in [3.63, 3.8) is 0 Å². The number of nitrogens with one attached hydrogen (secondary N) is 2. The van der Waals surface area contributed by atoms with E-state index in [9.17, 15) is 4.79 Å². The van der Waals surface area contributed by atoms with E-state index in [0.29, 0.717) is 12.3 Å². The molecule has 1 atom stereocenters. The number of hydrogen-bond acceptors (Lipinski definition) is 3. The molecule has 0 aliphatic carbocycles. The van der Waals surface area contributed by atoms with Crippen LogP contribution in [0.3, 0.4) is 0 Å². The fraction of sp³-hybridized carbons (Fsp3) is 0.222. The second-order valence-electron chi connectivity index (χ2n) is 5.34. The molecule has 1 amide bonds. The third kappa shape index (κ3) is 2.90. The summed E-state index contributed by atoms with van der Waals surface area (Å²) in [6, 6.07) is 16.0. The number of benzene rings is 2. The first-order chi connectivity index (χ1) is 11.2. The summed E-state index contributed by atoms with van der Waals surface area (Å²) >= 11 is 0. The Hall–Kier alpha value is -2.82. The zero-order valence-corrected chi connectivity index (χ0v) is 13.2. The number of hydrogen-bond donors (Lipinski definition) is 2. The Morgan fingerprint density at radius 2 is 2.00 bits per heavy atom. The molecule has 3 aromatic rings. The van der Waals surface area contributed by atoms with Crippen LogP contribution in [-0.4, -0.2) is 30.3 Å². The van der Waals surface area contributed by atoms with Crippen molar-refractivity contribution in [1.29, 1.82) is 0 Å². The number of fused-ring (bicyclic) bond motifs is 1. The van der Waals surface area contributed by atoms with E-state index in [2.05, 4.69) is 15.5 Å². The Morgan fingerprint density at radius 3 is 2.70 bits per heavy atom. The fourth-order valence-corrected chi connectivity index (χ4v) is 2.89. The molecule has 2 N–H and O–H groups in total. The molecule has 2 aromatic carbocycles. The van der Waals surface area contributed by atoms with Crippen LogP contribution in [0, 0.1) is 0 Å². The van der Waals surface area contributed by atoms with Gasteiger partial charge >= 0.3 is 0 Å². The second-order valence-corrected chi connectivity index (χ2v) is 5.34. The molecule has 0 spiro atoms. The summed E-state index contributed by atoms with van der Waals surface area (Å²) in [6.45, 7) is 0. The fourth-order valence-electron chi connectivity index (χ4n) is 2.89. The van der Waals surface area contributed by atoms with Crippen LogP contribution < -0.4 is 10.1 Å². The van der Waals surface area contributed by atoms with Crippen LogP contribution in [-0.2, 0) is 4.79 Å². The molecule has 1 aromatic heterocycles. The SMILES string of the molecule is CNC(=O)CC(c1ccccc1)c1cccc2[nH]nc(OC)c12. The van der Waals surface area contributed by atoms with Crippen molar-refractivity contribution in [2.75, 3.05) is 14.2 Å². The average Bonchev–Trinajstić information content (AvgIpc) is 3.03. The highest BCUT2D eigenvalue weighted by atomic mass is 16.5. The van der Waals surface area contributed by atoms with E-state index in [0.717, 1.165) is 22.0 Å². The summed E-state index contributed by atoms with van der Waals surface area (Å²) in [5, 5.41) is 10.8. The van der Waals surface area contributed by atoms with Gasteiger partial charge in [-0.15, -0.1) is 5.10 Å². The molecule has 0 saturated heterocycles. The molecule has 5 heteroatoms. The van der Waals surface area contributed by atoms with Gasteiger partial charge in [0.1, 0.15) is 0 Å². The van der Waals surface area contributed by atoms with Crippen LogP contribution in [0.25, 0.3) is 10.9 Å². The maximum absolute atomic E-state index is 12.0. The van der Waals surface area contributed by atoms with Crippen molar-refractivity contribution in [2.45, 2.75) is 12.3 Å². The van der Waals surface area contributed by atoms with Gasteiger partial charge in [-0.05, 0) is 17.2 Å². The van der Waals surface area contributed by atoms with Gasteiger partial charge in [0.15, 0.2) is 0 Å². The van der Waals surface area contributed by atoms with Gasteiger partial charge in [-0.2, -0.15) is 0 Å². The molecule has 0 saturated carbocycles. The number of methoxy groups -OCH3 is 1. The number of rotatable bonds is 5. The smallest absolute Gasteiger partial charge is 0.240 e. The predicted molar refractivity (Wildman–Crippen MR) is 89.6 cm³/mol. The zero-order chi connectivity index (χ0) is 16.2. The number of carbonyl (C=O) groups excluding carboxylic acids is 1. The minimum Gasteiger partial charge on any atom is -0.479 e. The summed E-state index contributed by atoms with van der Waals surface area (Å²) in [7, 11) is 3.26. The summed E-state index contributed by atoms with van der Waals surface area (Å²) in [4.78, 5) is 12.0. The van der Waals surface area contributed by atoms with Crippen LogP contribution in [0.2, 0.25) is 0 Å². The highest BCUT2D eigenvalue weighted by Gasteiger charge is 2.22. The van der Waals surface area contributed by atoms with Crippen molar-refractivity contribution in [3.8, 4) is 5.88 Å². The Morgan fingerprint density at radius 1 is 1.22 bits per heavy atom. The van der Waals surface area contributed by atoms with E-state index in [1.54, 1.807) is 14.2 Å². The van der Waals surface area contributed by atoms with Gasteiger partial charge in [-0.3, -0.25) is 9.89 Å². The van der Waals surface area contributed by atoms with Crippen molar-refractivity contribution in [1.82, 2.24) is 15.5 Å². The van der Waals surface area contributed by atoms with Gasteiger partial charge < -0.3 is 10.1 Å². The van der Waals surface area contributed by atoms with Crippen LogP contribution in [0.4, 0.5) is 0 Å². The lowest BCUT2D eigenvalue weighted by Gasteiger charge is -2.18. The quantitative estimate of drug-likeness (QED) is 0.761. The normalized spacial score (nSPS) is 12.1. The maximum Gasteiger partial charge on any atom is 0.240 e. The van der Waals surface area contributed by atoms with Gasteiger partial charge in [-0.25, -0.2) is 0 Å². The predicted octanol–water partition coefficient (Wildman–Crippen LogP) is 2.84. The third-order valence-corrected chi connectivity index (χ3v) is 4.03. The van der Waals surface area contributed by atoms with E-state index in [-0.39, 0.29) is 11.8 Å². The summed E-state index contributed by atoms with van der Waals surface area (Å²) in [5.41, 5.74) is 3.02. The molecule has 0 aliphatic heterocycles. The molecule has 23 heavy (non-hydrogen) atoms. The number of H-pyrrole nitrogens is 1. The molecule has 1 unspecified atom stereocenters. The number of nitrogens with zero attached hydrogens (tertiary/aromatic N) is 1. The standard InChI is InChI=1S/C18H19N3O2/c1-19-16(22)11-14(12-7-4-3-5-8-12)13-9-6-10-15-17(13)18(23-2)21-20-15/h3-10,14H,11H2,1-2H3,(H,19,22)(H,20,21). The maximum atomic E-state index is 12.0. The number of aromatic amines is 1. The lowest BCUT2D eigenvalue weighted by molar-refractivity contribution is -0.120. The summed E-state index contributed by atoms with van der Waals surface area (Å²) in [6.07, 6.45) is 0.369. The molecule has 0 aliphatic rings. The Bertz CT molecular complexity index is 812. The molecule has 5 nitrogen and oxygen atoms in total. The molecule has 0 radical (unpaired) electrons. The monoisotopic (exact) mass is 309 g/mol. The highest BCUT2D eigenvalue weighted by molar-refractivity contribution is 5.89. The average molecular weight is 309 g/mol. The Kier molecular flexibility index (Phi) is 4.28. The number of aromatic nitrogens is 2. The summed E-state index contributed by atoms with van der Waals surface area (Å²) < 4.78 is 5.38. The van der Waals surface area contributed by atoms with E-state index < -0.39 is 0 Å². The van der Waals surface area contributed by atoms with Crippen molar-refractivity contribution in [2.24, 2.45) is 0 Å². The Labute approximate surface area is 134 Å². The first-order valence-electron chi connectivity index (χ1n) is 7.51. The zero-order valence-electron chi connectivity index (χ0n) is 13.2. The molecule has 1 heterocycles. The van der Waals surface area contributed by atoms with Crippen LogP contribution in [0.15, 0.2) is 48.5 Å². The molecule has 3 rings (SSSR count). The van der Waals surface area contributed by atoms with E-state index in [1.807, 2.05) is 48.5 Å². The molecule has 0 bridgehead atoms. The number of ether oxygens (including phenoxy) is 1. The van der Waals surface area contributed by atoms with Gasteiger partial charge in [0.25, 0.3) is 0 Å². The minimum atomic E-state index is -0.0636. The highest BCUT2D eigenvalue weighted by Crippen LogP contribution is 2.36. The van der Waals surface area contributed by atoms with Crippen molar-refractivity contribution in [3.05, 3.63) is 59.7 Å². The van der Waals surface area contributed by atoms with Gasteiger partial charge in [0.05, 0.1) is 18.0 Å². The van der Waals surface area contributed by atoms with Crippen LogP contribution in [0.5, 0.6) is 5.88 Å². The van der Waals surface area contributed by atoms with E-state index >= 15 is 0 Å². The van der Waals surface area contributed by atoms with E-state index in [4.69, 9.17) is 4.74 Å². The van der Waals surface area contributed by atoms with Crippen LogP contribution in [0.1, 0.15) is 23.5 Å². The lowest BCUT2D eigenvalue weighted by Crippen LogP contribution is -2.21. The first kappa shape index (κ1) is 15.1. The van der Waals surface area contributed by atoms with E-state index in [1.165, 1.54) is 0 Å². The molecule has 118 valence electrons. The van der Waals surface area contributed by atoms with Crippen molar-refractivity contribution < 1.29 is 9.53 Å². The topological polar surface area (TPSA) is 67.0 Å². The molecular formula is C18H19N3O2. The third-order valence-electron chi connectivity index (χ3n) is 4.03. The van der Waals surface area contributed by atoms with Gasteiger partial charge in [-0.1, -0.05) is 42.5 Å². The second kappa shape index (κ2) is 6.52. The number of amides is 1. The minimum absolute atomic E-state index is 0.00156.